The predicted molar refractivity (Wildman–Crippen MR) is 63.9 cm³/mol. The molecule has 14 heavy (non-hydrogen) atoms. The highest BCUT2D eigenvalue weighted by atomic mass is 79.9. The van der Waals surface area contributed by atoms with Crippen LogP contribution in [0.15, 0.2) is 30.3 Å². The molecule has 0 saturated heterocycles. The van der Waals surface area contributed by atoms with Gasteiger partial charge in [-0.2, -0.15) is 0 Å². The van der Waals surface area contributed by atoms with E-state index in [1.165, 1.54) is 0 Å². The van der Waals surface area contributed by atoms with Crippen molar-refractivity contribution in [3.63, 3.8) is 0 Å². The molecular weight excluding hydrogens is 240 g/mol. The molecule has 0 radical (unpaired) electrons. The molecule has 0 N–H and O–H groups in total. The fourth-order valence-electron chi connectivity index (χ4n) is 1.14. The van der Waals surface area contributed by atoms with E-state index in [9.17, 15) is 4.79 Å². The fourth-order valence-corrected chi connectivity index (χ4v) is 1.41. The maximum atomic E-state index is 11.1. The number of Topliss-reactive ketones (excluding diaryl/α,β-unsaturated/α-hetero) is 1. The molecule has 0 aliphatic heterocycles. The lowest BCUT2D eigenvalue weighted by Gasteiger charge is -1.97. The number of benzene rings is 1. The lowest BCUT2D eigenvalue weighted by molar-refractivity contribution is 0.101. The van der Waals surface area contributed by atoms with Gasteiger partial charge in [0, 0.05) is 10.9 Å². The van der Waals surface area contributed by atoms with Crippen LogP contribution in [0.1, 0.15) is 29.3 Å². The third kappa shape index (κ3) is 3.46. The number of rotatable bonds is 4. The molecule has 1 nitrogen and oxygen atoms in total. The van der Waals surface area contributed by atoms with Gasteiger partial charge in [-0.25, -0.2) is 0 Å². The molecule has 0 spiro atoms. The zero-order chi connectivity index (χ0) is 10.4. The van der Waals surface area contributed by atoms with Crippen LogP contribution in [0.5, 0.6) is 0 Å². The maximum Gasteiger partial charge on any atom is 0.159 e. The monoisotopic (exact) mass is 252 g/mol. The van der Waals surface area contributed by atoms with Crippen molar-refractivity contribution < 1.29 is 4.79 Å². The van der Waals surface area contributed by atoms with Gasteiger partial charge in [-0.15, -0.1) is 0 Å². The number of hydrogen-bond donors (Lipinski definition) is 0. The number of halogens is 1. The average molecular weight is 253 g/mol. The number of carbonyl (C=O) groups is 1. The minimum absolute atomic E-state index is 0.112. The van der Waals surface area contributed by atoms with E-state index in [-0.39, 0.29) is 5.78 Å². The first-order valence-corrected chi connectivity index (χ1v) is 5.69. The summed E-state index contributed by atoms with van der Waals surface area (Å²) in [6, 6.07) is 7.65. The first kappa shape index (κ1) is 11.2. The van der Waals surface area contributed by atoms with Crippen LogP contribution in [0.25, 0.3) is 6.08 Å². The third-order valence-electron chi connectivity index (χ3n) is 1.88. The van der Waals surface area contributed by atoms with Crippen molar-refractivity contribution in [1.29, 1.82) is 0 Å². The zero-order valence-corrected chi connectivity index (χ0v) is 9.75. The van der Waals surface area contributed by atoms with Crippen LogP contribution in [-0.2, 0) is 0 Å². The van der Waals surface area contributed by atoms with E-state index >= 15 is 0 Å². The quantitative estimate of drug-likeness (QED) is 0.590. The molecule has 0 aliphatic carbocycles. The second-order valence-corrected chi connectivity index (χ2v) is 3.85. The Kier molecular flexibility index (Phi) is 4.60. The number of hydrogen-bond acceptors (Lipinski definition) is 1. The van der Waals surface area contributed by atoms with Gasteiger partial charge < -0.3 is 0 Å². The van der Waals surface area contributed by atoms with Gasteiger partial charge in [0.1, 0.15) is 0 Å². The molecule has 0 atom stereocenters. The summed E-state index contributed by atoms with van der Waals surface area (Å²) in [7, 11) is 0. The minimum Gasteiger partial charge on any atom is -0.295 e. The molecule has 0 amide bonds. The van der Waals surface area contributed by atoms with Crippen LogP contribution in [0.4, 0.5) is 0 Å². The van der Waals surface area contributed by atoms with E-state index < -0.39 is 0 Å². The summed E-state index contributed by atoms with van der Waals surface area (Å²) in [6.07, 6.45) is 5.13. The molecule has 0 aromatic heterocycles. The molecule has 0 heterocycles. The molecule has 0 bridgehead atoms. The Morgan fingerprint density at radius 2 is 2.29 bits per heavy atom. The highest BCUT2D eigenvalue weighted by Gasteiger charge is 1.97. The van der Waals surface area contributed by atoms with Crippen molar-refractivity contribution in [1.82, 2.24) is 0 Å². The average Bonchev–Trinajstić information content (AvgIpc) is 2.19. The molecule has 2 heteroatoms. The molecule has 0 aliphatic rings. The Balaban J connectivity index is 2.78. The van der Waals surface area contributed by atoms with E-state index in [0.717, 1.165) is 22.9 Å². The summed E-state index contributed by atoms with van der Waals surface area (Å²) >= 11 is 3.36. The summed E-state index contributed by atoms with van der Waals surface area (Å²) in [6.45, 7) is 1.58. The van der Waals surface area contributed by atoms with Gasteiger partial charge in [0.2, 0.25) is 0 Å². The molecule has 74 valence electrons. The first-order chi connectivity index (χ1) is 6.74. The van der Waals surface area contributed by atoms with Crippen molar-refractivity contribution in [2.24, 2.45) is 0 Å². The van der Waals surface area contributed by atoms with E-state index in [1.54, 1.807) is 6.92 Å². The van der Waals surface area contributed by atoms with Crippen molar-refractivity contribution in [2.75, 3.05) is 5.33 Å². The maximum absolute atomic E-state index is 11.1. The normalized spacial score (nSPS) is 10.7. The lowest BCUT2D eigenvalue weighted by Crippen LogP contribution is -1.91. The summed E-state index contributed by atoms with van der Waals surface area (Å²) in [5.41, 5.74) is 1.85. The Bertz CT molecular complexity index is 342. The SMILES string of the molecule is CC(=O)c1cccc(C=CCCBr)c1. The van der Waals surface area contributed by atoms with Crippen LogP contribution >= 0.6 is 15.9 Å². The summed E-state index contributed by atoms with van der Waals surface area (Å²) in [4.78, 5) is 11.1. The van der Waals surface area contributed by atoms with Gasteiger partial charge in [0.25, 0.3) is 0 Å². The standard InChI is InChI=1S/C12H13BrO/c1-10(14)12-7-4-6-11(9-12)5-2-3-8-13/h2,4-7,9H,3,8H2,1H3. The smallest absolute Gasteiger partial charge is 0.159 e. The predicted octanol–water partition coefficient (Wildman–Crippen LogP) is 3.69. The van der Waals surface area contributed by atoms with Crippen LogP contribution in [-0.4, -0.2) is 11.1 Å². The summed E-state index contributed by atoms with van der Waals surface area (Å²) in [5.74, 6) is 0.112. The molecule has 0 fully saturated rings. The van der Waals surface area contributed by atoms with Crippen molar-refractivity contribution in [3.05, 3.63) is 41.5 Å². The summed E-state index contributed by atoms with van der Waals surface area (Å²) < 4.78 is 0. The van der Waals surface area contributed by atoms with Crippen molar-refractivity contribution in [3.8, 4) is 0 Å². The Labute approximate surface area is 93.0 Å². The van der Waals surface area contributed by atoms with Crippen LogP contribution in [0.3, 0.4) is 0 Å². The number of alkyl halides is 1. The van der Waals surface area contributed by atoms with E-state index in [0.29, 0.717) is 0 Å². The van der Waals surface area contributed by atoms with Crippen molar-refractivity contribution in [2.45, 2.75) is 13.3 Å². The molecule has 0 unspecified atom stereocenters. The summed E-state index contributed by atoms with van der Waals surface area (Å²) in [5, 5.41) is 0.968. The van der Waals surface area contributed by atoms with Gasteiger partial charge in [0.15, 0.2) is 5.78 Å². The van der Waals surface area contributed by atoms with Gasteiger partial charge in [0.05, 0.1) is 0 Å². The first-order valence-electron chi connectivity index (χ1n) is 4.57. The largest absolute Gasteiger partial charge is 0.295 e. The molecule has 1 rings (SSSR count). The van der Waals surface area contributed by atoms with Crippen molar-refractivity contribution >= 4 is 27.8 Å². The Morgan fingerprint density at radius 1 is 1.50 bits per heavy atom. The number of carbonyl (C=O) groups excluding carboxylic acids is 1. The molecule has 1 aromatic rings. The number of allylic oxidation sites excluding steroid dienone is 1. The highest BCUT2D eigenvalue weighted by Crippen LogP contribution is 2.08. The van der Waals surface area contributed by atoms with E-state index in [2.05, 4.69) is 22.0 Å². The Hall–Kier alpha value is -0.890. The van der Waals surface area contributed by atoms with Gasteiger partial charge in [-0.1, -0.05) is 46.3 Å². The van der Waals surface area contributed by atoms with E-state index in [1.807, 2.05) is 30.3 Å². The Morgan fingerprint density at radius 3 is 2.93 bits per heavy atom. The number of ketones is 1. The highest BCUT2D eigenvalue weighted by molar-refractivity contribution is 9.09. The van der Waals surface area contributed by atoms with E-state index in [4.69, 9.17) is 0 Å². The van der Waals surface area contributed by atoms with Crippen LogP contribution in [0, 0.1) is 0 Å². The minimum atomic E-state index is 0.112. The van der Waals surface area contributed by atoms with Gasteiger partial charge >= 0.3 is 0 Å². The van der Waals surface area contributed by atoms with Gasteiger partial charge in [-0.3, -0.25) is 4.79 Å². The van der Waals surface area contributed by atoms with Crippen LogP contribution in [0.2, 0.25) is 0 Å². The zero-order valence-electron chi connectivity index (χ0n) is 8.16. The topological polar surface area (TPSA) is 17.1 Å². The molecular formula is C12H13BrO. The second-order valence-electron chi connectivity index (χ2n) is 3.06. The second kappa shape index (κ2) is 5.76. The van der Waals surface area contributed by atoms with Crippen LogP contribution < -0.4 is 0 Å². The third-order valence-corrected chi connectivity index (χ3v) is 2.34. The van der Waals surface area contributed by atoms with Gasteiger partial charge in [-0.05, 0) is 25.0 Å². The molecule has 0 saturated carbocycles. The fraction of sp³-hybridized carbons (Fsp3) is 0.250. The molecule has 1 aromatic carbocycles. The lowest BCUT2D eigenvalue weighted by atomic mass is 10.1.